The van der Waals surface area contributed by atoms with E-state index in [0.29, 0.717) is 37.1 Å². The topological polar surface area (TPSA) is 80.2 Å². The molecule has 148 valence electrons. The van der Waals surface area contributed by atoms with E-state index < -0.39 is 5.60 Å². The lowest BCUT2D eigenvalue weighted by Crippen LogP contribution is -2.29. The summed E-state index contributed by atoms with van der Waals surface area (Å²) >= 11 is 6.85. The van der Waals surface area contributed by atoms with E-state index in [9.17, 15) is 9.59 Å². The highest BCUT2D eigenvalue weighted by atomic mass is 32.1. The first-order chi connectivity index (χ1) is 12.7. The van der Waals surface area contributed by atoms with Gasteiger partial charge >= 0.3 is 5.97 Å². The molecule has 2 aromatic rings. The Kier molecular flexibility index (Phi) is 7.32. The molecule has 2 aromatic heterocycles. The lowest BCUT2D eigenvalue weighted by molar-refractivity contribution is -0.155. The van der Waals surface area contributed by atoms with Crippen molar-refractivity contribution < 1.29 is 14.3 Å². The number of aromatic amines is 1. The molecular formula is C18H26N4O3S2. The van der Waals surface area contributed by atoms with Gasteiger partial charge in [-0.15, -0.1) is 11.3 Å². The molecule has 0 saturated carbocycles. The molecule has 2 rings (SSSR count). The highest BCUT2D eigenvalue weighted by Crippen LogP contribution is 2.23. The molecule has 0 unspecified atom stereocenters. The number of nitrogens with one attached hydrogen (secondary N) is 1. The number of esters is 1. The molecule has 0 atom stereocenters. The molecule has 0 aliphatic carbocycles. The van der Waals surface area contributed by atoms with Crippen LogP contribution in [0.15, 0.2) is 17.5 Å². The number of rotatable bonds is 8. The zero-order valence-electron chi connectivity index (χ0n) is 16.2. The molecule has 9 heteroatoms. The second-order valence-corrected chi connectivity index (χ2v) is 8.57. The average molecular weight is 411 g/mol. The maximum Gasteiger partial charge on any atom is 0.306 e. The van der Waals surface area contributed by atoms with E-state index in [1.807, 2.05) is 42.9 Å². The van der Waals surface area contributed by atoms with Gasteiger partial charge in [-0.25, -0.2) is 0 Å². The Morgan fingerprint density at radius 2 is 2.11 bits per heavy atom. The molecule has 27 heavy (non-hydrogen) atoms. The summed E-state index contributed by atoms with van der Waals surface area (Å²) in [5, 5.41) is 9.02. The van der Waals surface area contributed by atoms with Crippen LogP contribution in [0.2, 0.25) is 0 Å². The van der Waals surface area contributed by atoms with Gasteiger partial charge < -0.3 is 9.64 Å². The number of thiophene rings is 1. The SMILES string of the molecule is CN(CCCC(=O)OC(C)(C)C)C(=O)CCn1c(-c2cccs2)n[nH]c1=S. The molecule has 0 fully saturated rings. The molecule has 1 amide bonds. The van der Waals surface area contributed by atoms with E-state index in [0.717, 1.165) is 10.7 Å². The summed E-state index contributed by atoms with van der Waals surface area (Å²) in [6.45, 7) is 6.48. The zero-order valence-corrected chi connectivity index (χ0v) is 17.8. The van der Waals surface area contributed by atoms with E-state index in [1.165, 1.54) is 0 Å². The summed E-state index contributed by atoms with van der Waals surface area (Å²) < 4.78 is 7.61. The fourth-order valence-corrected chi connectivity index (χ4v) is 3.44. The average Bonchev–Trinajstić information content (AvgIpc) is 3.20. The fourth-order valence-electron chi connectivity index (χ4n) is 2.50. The fraction of sp³-hybridized carbons (Fsp3) is 0.556. The van der Waals surface area contributed by atoms with Crippen molar-refractivity contribution in [2.24, 2.45) is 0 Å². The second kappa shape index (κ2) is 9.27. The van der Waals surface area contributed by atoms with Crippen molar-refractivity contribution in [1.29, 1.82) is 0 Å². The van der Waals surface area contributed by atoms with E-state index in [4.69, 9.17) is 17.0 Å². The standard InChI is InChI=1S/C18H26N4O3S2/c1-18(2,3)25-15(24)8-5-10-21(4)14(23)9-11-22-16(19-20-17(22)26)13-7-6-12-27-13/h6-7,12H,5,8-11H2,1-4H3,(H,20,26). The van der Waals surface area contributed by atoms with Crippen LogP contribution >= 0.6 is 23.6 Å². The number of nitrogens with zero attached hydrogens (tertiary/aromatic N) is 3. The number of aromatic nitrogens is 3. The van der Waals surface area contributed by atoms with Crippen LogP contribution in [0.3, 0.4) is 0 Å². The largest absolute Gasteiger partial charge is 0.460 e. The molecule has 7 nitrogen and oxygen atoms in total. The maximum absolute atomic E-state index is 12.4. The van der Waals surface area contributed by atoms with Gasteiger partial charge in [0.25, 0.3) is 0 Å². The quantitative estimate of drug-likeness (QED) is 0.531. The Labute approximate surface area is 168 Å². The Hall–Kier alpha value is -2.00. The van der Waals surface area contributed by atoms with Crippen LogP contribution in [0.5, 0.6) is 0 Å². The van der Waals surface area contributed by atoms with E-state index in [-0.39, 0.29) is 11.9 Å². The van der Waals surface area contributed by atoms with Crippen LogP contribution in [-0.4, -0.2) is 50.7 Å². The Bertz CT molecular complexity index is 819. The van der Waals surface area contributed by atoms with Gasteiger partial charge in [-0.05, 0) is 50.9 Å². The predicted octanol–water partition coefficient (Wildman–Crippen LogP) is 3.64. The molecular weight excluding hydrogens is 384 g/mol. The first-order valence-electron chi connectivity index (χ1n) is 8.82. The monoisotopic (exact) mass is 410 g/mol. The summed E-state index contributed by atoms with van der Waals surface area (Å²) in [5.41, 5.74) is -0.483. The Morgan fingerprint density at radius 3 is 2.74 bits per heavy atom. The minimum Gasteiger partial charge on any atom is -0.460 e. The van der Waals surface area contributed by atoms with Crippen LogP contribution in [0.4, 0.5) is 0 Å². The van der Waals surface area contributed by atoms with Crippen molar-refractivity contribution in [2.45, 2.75) is 52.2 Å². The summed E-state index contributed by atoms with van der Waals surface area (Å²) in [4.78, 5) is 26.8. The van der Waals surface area contributed by atoms with Gasteiger partial charge in [-0.2, -0.15) is 5.10 Å². The Morgan fingerprint density at radius 1 is 1.37 bits per heavy atom. The van der Waals surface area contributed by atoms with Crippen molar-refractivity contribution in [3.63, 3.8) is 0 Å². The second-order valence-electron chi connectivity index (χ2n) is 7.24. The van der Waals surface area contributed by atoms with Crippen LogP contribution < -0.4 is 0 Å². The number of hydrogen-bond acceptors (Lipinski definition) is 6. The lowest BCUT2D eigenvalue weighted by Gasteiger charge is -2.20. The van der Waals surface area contributed by atoms with Gasteiger partial charge in [-0.3, -0.25) is 19.3 Å². The minimum absolute atomic E-state index is 0.000539. The van der Waals surface area contributed by atoms with E-state index in [1.54, 1.807) is 23.3 Å². The first kappa shape index (κ1) is 21.3. The van der Waals surface area contributed by atoms with Crippen LogP contribution in [0.1, 0.15) is 40.0 Å². The number of hydrogen-bond donors (Lipinski definition) is 1. The molecule has 0 bridgehead atoms. The van der Waals surface area contributed by atoms with Gasteiger partial charge in [0.15, 0.2) is 10.6 Å². The number of carbonyl (C=O) groups excluding carboxylic acids is 2. The molecule has 0 aliphatic heterocycles. The van der Waals surface area contributed by atoms with Gasteiger partial charge in [0.1, 0.15) is 5.60 Å². The first-order valence-corrected chi connectivity index (χ1v) is 10.1. The Balaban J connectivity index is 1.82. The van der Waals surface area contributed by atoms with Gasteiger partial charge in [0, 0.05) is 33.0 Å². The van der Waals surface area contributed by atoms with Crippen molar-refractivity contribution >= 4 is 35.4 Å². The van der Waals surface area contributed by atoms with Crippen molar-refractivity contribution in [2.75, 3.05) is 13.6 Å². The smallest absolute Gasteiger partial charge is 0.306 e. The third-order valence-electron chi connectivity index (χ3n) is 3.77. The van der Waals surface area contributed by atoms with E-state index in [2.05, 4.69) is 10.2 Å². The molecule has 0 aliphatic rings. The highest BCUT2D eigenvalue weighted by molar-refractivity contribution is 7.71. The number of ether oxygens (including phenoxy) is 1. The summed E-state index contributed by atoms with van der Waals surface area (Å²) in [6.07, 6.45) is 1.18. The van der Waals surface area contributed by atoms with Gasteiger partial charge in [0.2, 0.25) is 5.91 Å². The molecule has 0 radical (unpaired) electrons. The van der Waals surface area contributed by atoms with Crippen LogP contribution in [0, 0.1) is 4.77 Å². The molecule has 0 saturated heterocycles. The predicted molar refractivity (Wildman–Crippen MR) is 108 cm³/mol. The van der Waals surface area contributed by atoms with Crippen molar-refractivity contribution in [1.82, 2.24) is 19.7 Å². The normalized spacial score (nSPS) is 11.4. The summed E-state index contributed by atoms with van der Waals surface area (Å²) in [7, 11) is 1.74. The van der Waals surface area contributed by atoms with Crippen molar-refractivity contribution in [3.8, 4) is 10.7 Å². The number of H-pyrrole nitrogens is 1. The van der Waals surface area contributed by atoms with Gasteiger partial charge in [0.05, 0.1) is 4.88 Å². The van der Waals surface area contributed by atoms with Gasteiger partial charge in [-0.1, -0.05) is 6.07 Å². The summed E-state index contributed by atoms with van der Waals surface area (Å²) in [6, 6.07) is 3.92. The van der Waals surface area contributed by atoms with E-state index >= 15 is 0 Å². The lowest BCUT2D eigenvalue weighted by atomic mass is 10.2. The van der Waals surface area contributed by atoms with Crippen molar-refractivity contribution in [3.05, 3.63) is 22.3 Å². The molecule has 1 N–H and O–H groups in total. The minimum atomic E-state index is -0.483. The highest BCUT2D eigenvalue weighted by Gasteiger charge is 2.17. The number of amides is 1. The van der Waals surface area contributed by atoms with Crippen LogP contribution in [0.25, 0.3) is 10.7 Å². The molecule has 0 spiro atoms. The number of carbonyl (C=O) groups is 2. The molecule has 0 aromatic carbocycles. The maximum atomic E-state index is 12.4. The third kappa shape index (κ3) is 6.59. The summed E-state index contributed by atoms with van der Waals surface area (Å²) in [5.74, 6) is 0.503. The molecule has 2 heterocycles. The zero-order chi connectivity index (χ0) is 20.0. The van der Waals surface area contributed by atoms with Crippen LogP contribution in [-0.2, 0) is 20.9 Å². The third-order valence-corrected chi connectivity index (χ3v) is 4.95.